The van der Waals surface area contributed by atoms with E-state index in [1.54, 1.807) is 11.8 Å². The number of carbonyl (C=O) groups excluding carboxylic acids is 1. The van der Waals surface area contributed by atoms with E-state index in [2.05, 4.69) is 5.32 Å². The van der Waals surface area contributed by atoms with Crippen LogP contribution in [-0.4, -0.2) is 22.7 Å². The molecule has 0 spiro atoms. The lowest BCUT2D eigenvalue weighted by molar-refractivity contribution is -0.136. The quantitative estimate of drug-likeness (QED) is 0.741. The molecule has 5 heteroatoms. The Bertz CT molecular complexity index is 646. The number of carboxylic acid groups (broad SMARTS) is 1. The summed E-state index contributed by atoms with van der Waals surface area (Å²) in [5.41, 5.74) is 1.99. The number of thioether (sulfide) groups is 1. The van der Waals surface area contributed by atoms with Crippen molar-refractivity contribution in [3.63, 3.8) is 0 Å². The molecule has 0 saturated heterocycles. The van der Waals surface area contributed by atoms with E-state index in [-0.39, 0.29) is 18.2 Å². The summed E-state index contributed by atoms with van der Waals surface area (Å²) in [6, 6.07) is 7.93. The first kappa shape index (κ1) is 16.0. The number of nitrogens with one attached hydrogen (secondary N) is 1. The summed E-state index contributed by atoms with van der Waals surface area (Å²) in [6.07, 6.45) is 4.22. The fourth-order valence-corrected chi connectivity index (χ4v) is 5.87. The van der Waals surface area contributed by atoms with E-state index in [9.17, 15) is 9.59 Å². The van der Waals surface area contributed by atoms with Crippen LogP contribution in [0.3, 0.4) is 0 Å². The second kappa shape index (κ2) is 6.43. The first-order valence-corrected chi connectivity index (χ1v) is 9.98. The highest BCUT2D eigenvalue weighted by atomic mass is 32.2. The van der Waals surface area contributed by atoms with Gasteiger partial charge in [-0.3, -0.25) is 9.59 Å². The highest BCUT2D eigenvalue weighted by Gasteiger charge is 2.67. The van der Waals surface area contributed by atoms with Crippen LogP contribution in [0.2, 0.25) is 0 Å². The molecular weight excluding hydrogens is 322 g/mol. The van der Waals surface area contributed by atoms with Gasteiger partial charge >= 0.3 is 5.97 Å². The topological polar surface area (TPSA) is 66.4 Å². The molecule has 1 aromatic rings. The third-order valence-corrected chi connectivity index (χ3v) is 6.99. The van der Waals surface area contributed by atoms with Crippen LogP contribution in [0, 0.1) is 29.6 Å². The van der Waals surface area contributed by atoms with Crippen LogP contribution in [0.15, 0.2) is 24.3 Å². The molecule has 2 N–H and O–H groups in total. The predicted molar refractivity (Wildman–Crippen MR) is 94.8 cm³/mol. The average molecular weight is 345 g/mol. The maximum Gasteiger partial charge on any atom is 0.304 e. The van der Waals surface area contributed by atoms with Gasteiger partial charge in [0.1, 0.15) is 0 Å². The second-order valence-electron chi connectivity index (χ2n) is 7.40. The lowest BCUT2D eigenvalue weighted by Crippen LogP contribution is -2.18. The average Bonchev–Trinajstić information content (AvgIpc) is 3.00. The van der Waals surface area contributed by atoms with E-state index in [0.717, 1.165) is 28.8 Å². The van der Waals surface area contributed by atoms with Crippen molar-refractivity contribution in [3.05, 3.63) is 29.8 Å². The monoisotopic (exact) mass is 345 g/mol. The van der Waals surface area contributed by atoms with E-state index in [4.69, 9.17) is 5.11 Å². The van der Waals surface area contributed by atoms with Gasteiger partial charge in [-0.15, -0.1) is 0 Å². The van der Waals surface area contributed by atoms with Gasteiger partial charge in [0.25, 0.3) is 0 Å². The molecule has 0 heterocycles. The minimum Gasteiger partial charge on any atom is -0.481 e. The molecule has 0 radical (unpaired) electrons. The molecule has 3 fully saturated rings. The molecule has 3 aliphatic carbocycles. The summed E-state index contributed by atoms with van der Waals surface area (Å²) >= 11 is 1.61. The Morgan fingerprint density at radius 3 is 2.67 bits per heavy atom. The Balaban J connectivity index is 1.30. The van der Waals surface area contributed by atoms with Gasteiger partial charge in [-0.1, -0.05) is 12.1 Å². The third kappa shape index (κ3) is 3.06. The molecule has 4 atom stereocenters. The van der Waals surface area contributed by atoms with E-state index >= 15 is 0 Å². The van der Waals surface area contributed by atoms with Crippen molar-refractivity contribution in [2.75, 3.05) is 11.1 Å². The van der Waals surface area contributed by atoms with Gasteiger partial charge in [-0.2, -0.15) is 11.8 Å². The largest absolute Gasteiger partial charge is 0.481 e. The van der Waals surface area contributed by atoms with Crippen LogP contribution in [0.4, 0.5) is 5.69 Å². The predicted octanol–water partition coefficient (Wildman–Crippen LogP) is 3.63. The van der Waals surface area contributed by atoms with Crippen molar-refractivity contribution >= 4 is 29.3 Å². The highest BCUT2D eigenvalue weighted by Crippen LogP contribution is 2.69. The summed E-state index contributed by atoms with van der Waals surface area (Å²) in [7, 11) is 0. The number of fused-ring (bicyclic) bond motifs is 5. The number of amides is 1. The van der Waals surface area contributed by atoms with Crippen LogP contribution < -0.4 is 5.32 Å². The lowest BCUT2D eigenvalue weighted by Gasteiger charge is -2.10. The number of carbonyl (C=O) groups is 2. The fraction of sp³-hybridized carbons (Fsp3) is 0.579. The zero-order valence-electron chi connectivity index (χ0n) is 13.6. The first-order chi connectivity index (χ1) is 11.6. The molecule has 4 rings (SSSR count). The molecule has 4 unspecified atom stereocenters. The minimum atomic E-state index is -0.757. The molecule has 3 aliphatic rings. The van der Waals surface area contributed by atoms with E-state index < -0.39 is 5.97 Å². The van der Waals surface area contributed by atoms with Gasteiger partial charge < -0.3 is 10.4 Å². The molecule has 3 saturated carbocycles. The van der Waals surface area contributed by atoms with Crippen molar-refractivity contribution in [2.24, 2.45) is 29.6 Å². The molecule has 2 bridgehead atoms. The van der Waals surface area contributed by atoms with Gasteiger partial charge in [-0.25, -0.2) is 0 Å². The Kier molecular flexibility index (Phi) is 4.29. The standard InChI is InChI=1S/C19H23NO3S/c21-15(22)6-7-24-10-11-2-1-3-14(8-11)20-19(23)18-16-12-4-5-13(9-12)17(16)18/h1-3,8,12-13,16-18H,4-7,9-10H2,(H,20,23)(H,21,22). The zero-order chi connectivity index (χ0) is 16.7. The summed E-state index contributed by atoms with van der Waals surface area (Å²) in [4.78, 5) is 23.1. The second-order valence-corrected chi connectivity index (χ2v) is 8.50. The maximum atomic E-state index is 12.6. The van der Waals surface area contributed by atoms with Crippen molar-refractivity contribution in [3.8, 4) is 0 Å². The molecule has 4 nitrogen and oxygen atoms in total. The SMILES string of the molecule is O=C(O)CCSCc1cccc(NC(=O)C2C3C4CCC(C4)C23)c1. The van der Waals surface area contributed by atoms with Crippen LogP contribution in [0.5, 0.6) is 0 Å². The van der Waals surface area contributed by atoms with Gasteiger partial charge in [0.05, 0.1) is 6.42 Å². The maximum absolute atomic E-state index is 12.6. The van der Waals surface area contributed by atoms with Crippen LogP contribution in [-0.2, 0) is 15.3 Å². The number of hydrogen-bond donors (Lipinski definition) is 2. The molecule has 1 amide bonds. The fourth-order valence-electron chi connectivity index (χ4n) is 4.99. The number of carboxylic acids is 1. The van der Waals surface area contributed by atoms with E-state index in [1.165, 1.54) is 19.3 Å². The lowest BCUT2D eigenvalue weighted by atomic mass is 10.0. The smallest absolute Gasteiger partial charge is 0.304 e. The van der Waals surface area contributed by atoms with Crippen LogP contribution in [0.25, 0.3) is 0 Å². The number of hydrogen-bond acceptors (Lipinski definition) is 3. The Hall–Kier alpha value is -1.49. The van der Waals surface area contributed by atoms with Gasteiger partial charge in [-0.05, 0) is 60.6 Å². The van der Waals surface area contributed by atoms with Gasteiger partial charge in [0.15, 0.2) is 0 Å². The number of anilines is 1. The molecule has 0 aromatic heterocycles. The summed E-state index contributed by atoms with van der Waals surface area (Å²) in [5, 5.41) is 11.8. The van der Waals surface area contributed by atoms with Gasteiger partial charge in [0, 0.05) is 23.1 Å². The van der Waals surface area contributed by atoms with Crippen molar-refractivity contribution in [1.29, 1.82) is 0 Å². The van der Waals surface area contributed by atoms with Crippen molar-refractivity contribution < 1.29 is 14.7 Å². The molecule has 1 aromatic carbocycles. The Morgan fingerprint density at radius 2 is 1.96 bits per heavy atom. The van der Waals surface area contributed by atoms with E-state index in [0.29, 0.717) is 17.6 Å². The highest BCUT2D eigenvalue weighted by molar-refractivity contribution is 7.98. The zero-order valence-corrected chi connectivity index (χ0v) is 14.4. The number of benzene rings is 1. The molecule has 0 aliphatic heterocycles. The summed E-state index contributed by atoms with van der Waals surface area (Å²) in [6.45, 7) is 0. The van der Waals surface area contributed by atoms with Crippen molar-refractivity contribution in [1.82, 2.24) is 0 Å². The van der Waals surface area contributed by atoms with Crippen LogP contribution in [0.1, 0.15) is 31.2 Å². The molecule has 24 heavy (non-hydrogen) atoms. The normalized spacial score (nSPS) is 32.4. The third-order valence-electron chi connectivity index (χ3n) is 5.96. The Labute approximate surface area is 146 Å². The van der Waals surface area contributed by atoms with Gasteiger partial charge in [0.2, 0.25) is 5.91 Å². The van der Waals surface area contributed by atoms with E-state index in [1.807, 2.05) is 24.3 Å². The van der Waals surface area contributed by atoms with Crippen LogP contribution >= 0.6 is 11.8 Å². The Morgan fingerprint density at radius 1 is 1.21 bits per heavy atom. The first-order valence-electron chi connectivity index (χ1n) is 8.83. The van der Waals surface area contributed by atoms with Crippen molar-refractivity contribution in [2.45, 2.75) is 31.4 Å². The number of aliphatic carboxylic acids is 1. The number of rotatable bonds is 7. The summed E-state index contributed by atoms with van der Waals surface area (Å²) < 4.78 is 0. The molecule has 128 valence electrons. The minimum absolute atomic E-state index is 0.188. The summed E-state index contributed by atoms with van der Waals surface area (Å²) in [5.74, 6) is 4.04. The molecular formula is C19H23NO3S.